The third-order valence-electron chi connectivity index (χ3n) is 4.09. The van der Waals surface area contributed by atoms with E-state index in [1.165, 1.54) is 0 Å². The van der Waals surface area contributed by atoms with Gasteiger partial charge in [0.15, 0.2) is 0 Å². The van der Waals surface area contributed by atoms with Crippen LogP contribution in [0.2, 0.25) is 20.1 Å². The minimum Gasteiger partial charge on any atom is -0.360 e. The number of carbonyl (C=O) groups is 1. The van der Waals surface area contributed by atoms with Crippen molar-refractivity contribution >= 4 is 64.1 Å². The highest BCUT2D eigenvalue weighted by atomic mass is 35.5. The molecular formula is C20H16Cl4N2O2S. The predicted octanol–water partition coefficient (Wildman–Crippen LogP) is 6.93. The third-order valence-corrected chi connectivity index (χ3v) is 6.32. The maximum atomic E-state index is 12.7. The van der Waals surface area contributed by atoms with Crippen LogP contribution in [0.15, 0.2) is 40.9 Å². The summed E-state index contributed by atoms with van der Waals surface area (Å²) in [5, 5.41) is 8.92. The molecule has 0 spiro atoms. The fraction of sp³-hybridized carbons (Fsp3) is 0.200. The Morgan fingerprint density at radius 1 is 1.10 bits per heavy atom. The summed E-state index contributed by atoms with van der Waals surface area (Å²) in [6.07, 6.45) is 0. The minimum atomic E-state index is -0.292. The number of hydrogen-bond acceptors (Lipinski definition) is 4. The van der Waals surface area contributed by atoms with Gasteiger partial charge in [-0.3, -0.25) is 4.79 Å². The number of amides is 1. The van der Waals surface area contributed by atoms with Crippen LogP contribution in [0.25, 0.3) is 11.3 Å². The van der Waals surface area contributed by atoms with Crippen LogP contribution >= 0.6 is 58.2 Å². The summed E-state index contributed by atoms with van der Waals surface area (Å²) >= 11 is 26.2. The first-order valence-electron chi connectivity index (χ1n) is 8.59. The SMILES string of the molecule is Cc1onc(-c2c(Cl)cccc2Cl)c1C(=O)NCCSCc1ccc(Cl)cc1Cl. The molecule has 0 aliphatic rings. The van der Waals surface area contributed by atoms with Crippen molar-refractivity contribution in [2.75, 3.05) is 12.3 Å². The molecule has 0 unspecified atom stereocenters. The van der Waals surface area contributed by atoms with E-state index in [0.717, 1.165) is 11.3 Å². The highest BCUT2D eigenvalue weighted by Crippen LogP contribution is 2.36. The molecule has 3 rings (SSSR count). The molecule has 29 heavy (non-hydrogen) atoms. The number of nitrogens with zero attached hydrogens (tertiary/aromatic N) is 1. The molecule has 0 bridgehead atoms. The Labute approximate surface area is 192 Å². The summed E-state index contributed by atoms with van der Waals surface area (Å²) in [5.41, 5.74) is 2.13. The van der Waals surface area contributed by atoms with Gasteiger partial charge in [0.1, 0.15) is 17.0 Å². The topological polar surface area (TPSA) is 55.1 Å². The molecule has 0 saturated heterocycles. The van der Waals surface area contributed by atoms with Crippen LogP contribution in [-0.4, -0.2) is 23.4 Å². The van der Waals surface area contributed by atoms with Crippen LogP contribution in [0.1, 0.15) is 21.7 Å². The van der Waals surface area contributed by atoms with Crippen LogP contribution in [0.3, 0.4) is 0 Å². The Balaban J connectivity index is 1.61. The largest absolute Gasteiger partial charge is 0.360 e. The normalized spacial score (nSPS) is 10.9. The van der Waals surface area contributed by atoms with Crippen LogP contribution in [0.4, 0.5) is 0 Å². The second kappa shape index (κ2) is 10.1. The lowest BCUT2D eigenvalue weighted by molar-refractivity contribution is 0.0955. The summed E-state index contributed by atoms with van der Waals surface area (Å²) < 4.78 is 5.23. The smallest absolute Gasteiger partial charge is 0.257 e. The highest BCUT2D eigenvalue weighted by molar-refractivity contribution is 7.98. The summed E-state index contributed by atoms with van der Waals surface area (Å²) in [6.45, 7) is 2.14. The molecular weight excluding hydrogens is 474 g/mol. The van der Waals surface area contributed by atoms with E-state index < -0.39 is 0 Å². The predicted molar refractivity (Wildman–Crippen MR) is 122 cm³/mol. The molecule has 3 aromatic rings. The van der Waals surface area contributed by atoms with Crippen LogP contribution < -0.4 is 5.32 Å². The molecule has 0 radical (unpaired) electrons. The van der Waals surface area contributed by atoms with Crippen molar-refractivity contribution in [3.63, 3.8) is 0 Å². The van der Waals surface area contributed by atoms with Crippen molar-refractivity contribution in [3.05, 3.63) is 73.4 Å². The maximum absolute atomic E-state index is 12.7. The van der Waals surface area contributed by atoms with Gasteiger partial charge in [0.2, 0.25) is 0 Å². The molecule has 1 N–H and O–H groups in total. The molecule has 1 aromatic heterocycles. The number of rotatable bonds is 7. The number of halogens is 4. The summed E-state index contributed by atoms with van der Waals surface area (Å²) in [4.78, 5) is 12.7. The quantitative estimate of drug-likeness (QED) is 0.365. The Kier molecular flexibility index (Phi) is 7.77. The van der Waals surface area contributed by atoms with Gasteiger partial charge in [-0.15, -0.1) is 0 Å². The minimum absolute atomic E-state index is 0.292. The van der Waals surface area contributed by atoms with Crippen LogP contribution in [0, 0.1) is 6.92 Å². The molecule has 1 amide bonds. The van der Waals surface area contributed by atoms with E-state index in [4.69, 9.17) is 50.9 Å². The average molecular weight is 490 g/mol. The number of hydrogen-bond donors (Lipinski definition) is 1. The van der Waals surface area contributed by atoms with Crippen molar-refractivity contribution in [2.45, 2.75) is 12.7 Å². The third kappa shape index (κ3) is 5.41. The van der Waals surface area contributed by atoms with Gasteiger partial charge >= 0.3 is 0 Å². The molecule has 0 atom stereocenters. The van der Waals surface area contributed by atoms with Gasteiger partial charge in [0.25, 0.3) is 5.91 Å². The Bertz CT molecular complexity index is 1020. The van der Waals surface area contributed by atoms with E-state index in [1.54, 1.807) is 49.0 Å². The molecule has 2 aromatic carbocycles. The number of nitrogens with one attached hydrogen (secondary N) is 1. The van der Waals surface area contributed by atoms with Gasteiger partial charge in [-0.25, -0.2) is 0 Å². The van der Waals surface area contributed by atoms with Gasteiger partial charge in [0.05, 0.1) is 10.0 Å². The fourth-order valence-electron chi connectivity index (χ4n) is 2.68. The molecule has 9 heteroatoms. The standard InChI is InChI=1S/C20H16Cl4N2O2S/c1-11-17(19(26-28-11)18-14(22)3-2-4-15(18)23)20(27)25-7-8-29-10-12-5-6-13(21)9-16(12)24/h2-6,9H,7-8,10H2,1H3,(H,25,27). The van der Waals surface area contributed by atoms with Crippen LogP contribution in [-0.2, 0) is 5.75 Å². The zero-order chi connectivity index (χ0) is 21.0. The molecule has 1 heterocycles. The lowest BCUT2D eigenvalue weighted by atomic mass is 10.1. The Morgan fingerprint density at radius 3 is 2.52 bits per heavy atom. The number of thioether (sulfide) groups is 1. The molecule has 0 saturated carbocycles. The second-order valence-corrected chi connectivity index (χ2v) is 8.87. The van der Waals surface area contributed by atoms with Gasteiger partial charge in [-0.05, 0) is 36.8 Å². The van der Waals surface area contributed by atoms with E-state index in [-0.39, 0.29) is 5.91 Å². The first-order valence-corrected chi connectivity index (χ1v) is 11.3. The second-order valence-electron chi connectivity index (χ2n) is 6.10. The maximum Gasteiger partial charge on any atom is 0.257 e. The van der Waals surface area contributed by atoms with Gasteiger partial charge in [0, 0.05) is 33.7 Å². The summed E-state index contributed by atoms with van der Waals surface area (Å²) in [5.74, 6) is 1.53. The Hall–Kier alpha value is -1.37. The molecule has 0 fully saturated rings. The Morgan fingerprint density at radius 2 is 1.83 bits per heavy atom. The molecule has 0 aliphatic carbocycles. The number of aryl methyl sites for hydroxylation is 1. The summed E-state index contributed by atoms with van der Waals surface area (Å²) in [6, 6.07) is 10.5. The first-order chi connectivity index (χ1) is 13.9. The monoisotopic (exact) mass is 488 g/mol. The molecule has 152 valence electrons. The lowest BCUT2D eigenvalue weighted by Gasteiger charge is -2.08. The van der Waals surface area contributed by atoms with Crippen molar-refractivity contribution < 1.29 is 9.32 Å². The van der Waals surface area contributed by atoms with Crippen molar-refractivity contribution in [3.8, 4) is 11.3 Å². The zero-order valence-electron chi connectivity index (χ0n) is 15.3. The van der Waals surface area contributed by atoms with Crippen LogP contribution in [0.5, 0.6) is 0 Å². The van der Waals surface area contributed by atoms with E-state index in [9.17, 15) is 4.79 Å². The van der Waals surface area contributed by atoms with Crippen molar-refractivity contribution in [1.82, 2.24) is 10.5 Å². The van der Waals surface area contributed by atoms with Gasteiger partial charge in [-0.2, -0.15) is 11.8 Å². The lowest BCUT2D eigenvalue weighted by Crippen LogP contribution is -2.26. The number of benzene rings is 2. The molecule has 0 aliphatic heterocycles. The van der Waals surface area contributed by atoms with E-state index in [2.05, 4.69) is 10.5 Å². The average Bonchev–Trinajstić information content (AvgIpc) is 3.04. The molecule has 4 nitrogen and oxygen atoms in total. The van der Waals surface area contributed by atoms with E-state index >= 15 is 0 Å². The van der Waals surface area contributed by atoms with Crippen molar-refractivity contribution in [2.24, 2.45) is 0 Å². The van der Waals surface area contributed by atoms with Gasteiger partial charge in [-0.1, -0.05) is 63.7 Å². The number of aromatic nitrogens is 1. The summed E-state index contributed by atoms with van der Waals surface area (Å²) in [7, 11) is 0. The van der Waals surface area contributed by atoms with Gasteiger partial charge < -0.3 is 9.84 Å². The van der Waals surface area contributed by atoms with E-state index in [0.29, 0.717) is 55.0 Å². The van der Waals surface area contributed by atoms with Crippen molar-refractivity contribution in [1.29, 1.82) is 0 Å². The first kappa shape index (κ1) is 22.3. The zero-order valence-corrected chi connectivity index (χ0v) is 19.1. The fourth-order valence-corrected chi connectivity index (χ4v) is 4.67. The van der Waals surface area contributed by atoms with E-state index in [1.807, 2.05) is 6.07 Å². The number of carbonyl (C=O) groups excluding carboxylic acids is 1. The highest BCUT2D eigenvalue weighted by Gasteiger charge is 2.24.